The summed E-state index contributed by atoms with van der Waals surface area (Å²) in [4.78, 5) is 18.1. The number of para-hydroxylation sites is 2. The normalized spacial score (nSPS) is 19.1. The van der Waals surface area contributed by atoms with E-state index in [0.717, 1.165) is 16.8 Å². The summed E-state index contributed by atoms with van der Waals surface area (Å²) in [6, 6.07) is 15.4. The molecule has 0 N–H and O–H groups in total. The maximum Gasteiger partial charge on any atom is 0.315 e. The molecule has 0 unspecified atom stereocenters. The first-order chi connectivity index (χ1) is 11.2. The Morgan fingerprint density at radius 1 is 1.22 bits per heavy atom. The van der Waals surface area contributed by atoms with Crippen LogP contribution in [-0.2, 0) is 16.0 Å². The monoisotopic (exact) mass is 306 g/mol. The predicted octanol–water partition coefficient (Wildman–Crippen LogP) is 3.56. The molecule has 4 heteroatoms. The molecule has 0 aliphatic carbocycles. The molecule has 1 aliphatic rings. The molecule has 23 heavy (non-hydrogen) atoms. The van der Waals surface area contributed by atoms with Gasteiger partial charge in [-0.2, -0.15) is 0 Å². The second-order valence-electron chi connectivity index (χ2n) is 5.68. The molecule has 2 aromatic carbocycles. The number of carbonyl (C=O) groups excluding carboxylic acids is 1. The van der Waals surface area contributed by atoms with Gasteiger partial charge in [-0.15, -0.1) is 0 Å². The van der Waals surface area contributed by atoms with Gasteiger partial charge in [-0.25, -0.2) is 4.85 Å². The highest BCUT2D eigenvalue weighted by Crippen LogP contribution is 2.42. The average molecular weight is 306 g/mol. The molecule has 0 saturated heterocycles. The van der Waals surface area contributed by atoms with Crippen molar-refractivity contribution in [3.63, 3.8) is 0 Å². The predicted molar refractivity (Wildman–Crippen MR) is 89.8 cm³/mol. The number of esters is 1. The van der Waals surface area contributed by atoms with Gasteiger partial charge < -0.3 is 9.64 Å². The lowest BCUT2D eigenvalue weighted by atomic mass is 9.90. The van der Waals surface area contributed by atoms with Crippen LogP contribution in [0.5, 0.6) is 0 Å². The number of fused-ring (bicyclic) bond motifs is 1. The van der Waals surface area contributed by atoms with E-state index in [-0.39, 0.29) is 17.9 Å². The minimum atomic E-state index is -0.333. The highest BCUT2D eigenvalue weighted by molar-refractivity contribution is 5.85. The fourth-order valence-corrected chi connectivity index (χ4v) is 3.36. The molecule has 0 amide bonds. The minimum absolute atomic E-state index is 0.0530. The second kappa shape index (κ2) is 6.13. The Balaban J connectivity index is 2.01. The molecule has 0 saturated carbocycles. The Labute approximate surface area is 136 Å². The van der Waals surface area contributed by atoms with E-state index in [1.54, 1.807) is 0 Å². The molecule has 0 spiro atoms. The summed E-state index contributed by atoms with van der Waals surface area (Å²) in [6.45, 7) is 7.33. The van der Waals surface area contributed by atoms with Crippen LogP contribution in [0.15, 0.2) is 48.5 Å². The Hall–Kier alpha value is -2.80. The third-order valence-electron chi connectivity index (χ3n) is 4.53. The van der Waals surface area contributed by atoms with Gasteiger partial charge in [0, 0.05) is 18.8 Å². The fourth-order valence-electron chi connectivity index (χ4n) is 3.36. The van der Waals surface area contributed by atoms with Crippen molar-refractivity contribution in [2.24, 2.45) is 0 Å². The SMILES string of the molecule is [C-]#[N+]c1ccccc1C[C@@H]1[C@@H](C(=O)OC)c2ccccc2N1C. The lowest BCUT2D eigenvalue weighted by Crippen LogP contribution is -2.36. The van der Waals surface area contributed by atoms with Crippen LogP contribution < -0.4 is 4.90 Å². The van der Waals surface area contributed by atoms with Crippen LogP contribution in [-0.4, -0.2) is 26.2 Å². The highest BCUT2D eigenvalue weighted by Gasteiger charge is 2.41. The number of likely N-dealkylation sites (N-methyl/N-ethyl adjacent to an activating group) is 1. The topological polar surface area (TPSA) is 33.9 Å². The van der Waals surface area contributed by atoms with Crippen LogP contribution in [0.2, 0.25) is 0 Å². The van der Waals surface area contributed by atoms with E-state index in [1.807, 2.05) is 55.6 Å². The number of hydrogen-bond acceptors (Lipinski definition) is 3. The first-order valence-electron chi connectivity index (χ1n) is 7.52. The van der Waals surface area contributed by atoms with E-state index in [1.165, 1.54) is 7.11 Å². The van der Waals surface area contributed by atoms with E-state index in [9.17, 15) is 4.79 Å². The molecule has 0 aromatic heterocycles. The lowest BCUT2D eigenvalue weighted by Gasteiger charge is -2.26. The number of anilines is 1. The highest BCUT2D eigenvalue weighted by atomic mass is 16.5. The molecule has 1 aliphatic heterocycles. The van der Waals surface area contributed by atoms with Crippen molar-refractivity contribution in [3.8, 4) is 0 Å². The molecule has 2 atom stereocenters. The average Bonchev–Trinajstić information content (AvgIpc) is 2.87. The van der Waals surface area contributed by atoms with Crippen molar-refractivity contribution in [2.75, 3.05) is 19.1 Å². The Morgan fingerprint density at radius 2 is 1.91 bits per heavy atom. The maximum absolute atomic E-state index is 12.4. The van der Waals surface area contributed by atoms with Crippen LogP contribution >= 0.6 is 0 Å². The quantitative estimate of drug-likeness (QED) is 0.642. The standard InChI is InChI=1S/C19H18N2O2/c1-20-15-10-6-4-8-13(15)12-17-18(19(22)23-3)14-9-5-7-11-16(14)21(17)2/h4-11,17-18H,12H2,2-3H3/t17-,18+/m1/s1. The molecule has 1 heterocycles. The van der Waals surface area contributed by atoms with Crippen molar-refractivity contribution in [2.45, 2.75) is 18.4 Å². The molecular weight excluding hydrogens is 288 g/mol. The Kier molecular flexibility index (Phi) is 4.03. The summed E-state index contributed by atoms with van der Waals surface area (Å²) < 4.78 is 5.04. The van der Waals surface area contributed by atoms with Gasteiger partial charge in [0.25, 0.3) is 0 Å². The fraction of sp³-hybridized carbons (Fsp3) is 0.263. The third kappa shape index (κ3) is 2.55. The van der Waals surface area contributed by atoms with Gasteiger partial charge in [0.05, 0.1) is 13.7 Å². The van der Waals surface area contributed by atoms with Crippen molar-refractivity contribution in [1.29, 1.82) is 0 Å². The van der Waals surface area contributed by atoms with Gasteiger partial charge in [-0.1, -0.05) is 42.5 Å². The number of ether oxygens (including phenoxy) is 1. The molecule has 0 bridgehead atoms. The van der Waals surface area contributed by atoms with Gasteiger partial charge in [-0.05, 0) is 23.6 Å². The van der Waals surface area contributed by atoms with Crippen molar-refractivity contribution < 1.29 is 9.53 Å². The van der Waals surface area contributed by atoms with Gasteiger partial charge in [0.1, 0.15) is 5.92 Å². The van der Waals surface area contributed by atoms with Crippen LogP contribution in [0.3, 0.4) is 0 Å². The first kappa shape index (κ1) is 15.1. The zero-order valence-electron chi connectivity index (χ0n) is 13.2. The number of nitrogens with zero attached hydrogens (tertiary/aromatic N) is 2. The summed E-state index contributed by atoms with van der Waals surface area (Å²) in [6.07, 6.45) is 0.628. The van der Waals surface area contributed by atoms with E-state index in [2.05, 4.69) is 9.74 Å². The lowest BCUT2D eigenvalue weighted by molar-refractivity contribution is -0.142. The first-order valence-corrected chi connectivity index (χ1v) is 7.52. The summed E-state index contributed by atoms with van der Waals surface area (Å²) in [5.74, 6) is -0.563. The van der Waals surface area contributed by atoms with Crippen LogP contribution in [0.4, 0.5) is 11.4 Å². The maximum atomic E-state index is 12.4. The molecule has 2 aromatic rings. The number of benzene rings is 2. The van der Waals surface area contributed by atoms with Gasteiger partial charge in [-0.3, -0.25) is 4.79 Å². The van der Waals surface area contributed by atoms with E-state index < -0.39 is 0 Å². The van der Waals surface area contributed by atoms with Crippen LogP contribution in [0, 0.1) is 6.57 Å². The van der Waals surface area contributed by atoms with Gasteiger partial charge in [0.2, 0.25) is 0 Å². The zero-order chi connectivity index (χ0) is 16.4. The number of rotatable bonds is 3. The molecular formula is C19H18N2O2. The van der Waals surface area contributed by atoms with Crippen LogP contribution in [0.25, 0.3) is 4.85 Å². The number of hydrogen-bond donors (Lipinski definition) is 0. The van der Waals surface area contributed by atoms with E-state index in [0.29, 0.717) is 12.1 Å². The van der Waals surface area contributed by atoms with Crippen molar-refractivity contribution in [1.82, 2.24) is 0 Å². The number of methoxy groups -OCH3 is 1. The molecule has 4 nitrogen and oxygen atoms in total. The second-order valence-corrected chi connectivity index (χ2v) is 5.68. The smallest absolute Gasteiger partial charge is 0.315 e. The Bertz CT molecular complexity index is 779. The Morgan fingerprint density at radius 3 is 2.65 bits per heavy atom. The molecule has 116 valence electrons. The van der Waals surface area contributed by atoms with Gasteiger partial charge in [0.15, 0.2) is 5.69 Å². The van der Waals surface area contributed by atoms with Crippen LogP contribution in [0.1, 0.15) is 17.0 Å². The zero-order valence-corrected chi connectivity index (χ0v) is 13.2. The van der Waals surface area contributed by atoms with Crippen molar-refractivity contribution in [3.05, 3.63) is 71.1 Å². The summed E-state index contributed by atoms with van der Waals surface area (Å²) in [5, 5.41) is 0. The summed E-state index contributed by atoms with van der Waals surface area (Å²) >= 11 is 0. The van der Waals surface area contributed by atoms with Crippen molar-refractivity contribution >= 4 is 17.3 Å². The minimum Gasteiger partial charge on any atom is -0.468 e. The third-order valence-corrected chi connectivity index (χ3v) is 4.53. The van der Waals surface area contributed by atoms with Gasteiger partial charge >= 0.3 is 5.97 Å². The molecule has 3 rings (SSSR count). The van der Waals surface area contributed by atoms with E-state index in [4.69, 9.17) is 11.3 Å². The molecule has 0 fully saturated rings. The largest absolute Gasteiger partial charge is 0.468 e. The van der Waals surface area contributed by atoms with E-state index >= 15 is 0 Å². The molecule has 0 radical (unpaired) electrons. The summed E-state index contributed by atoms with van der Waals surface area (Å²) in [7, 11) is 3.42. The summed E-state index contributed by atoms with van der Waals surface area (Å²) in [5.41, 5.74) is 3.64. The number of carbonyl (C=O) groups is 1.